The van der Waals surface area contributed by atoms with Crippen LogP contribution in [-0.2, 0) is 6.42 Å². The van der Waals surface area contributed by atoms with Crippen LogP contribution < -0.4 is 10.2 Å². The van der Waals surface area contributed by atoms with Gasteiger partial charge in [-0.25, -0.2) is 14.8 Å². The van der Waals surface area contributed by atoms with Crippen molar-refractivity contribution in [3.63, 3.8) is 0 Å². The third-order valence-corrected chi connectivity index (χ3v) is 5.13. The smallest absolute Gasteiger partial charge is 0.317 e. The summed E-state index contributed by atoms with van der Waals surface area (Å²) in [7, 11) is 0. The number of piperazine rings is 1. The number of amides is 2. The van der Waals surface area contributed by atoms with Crippen LogP contribution in [0.3, 0.4) is 0 Å². The Morgan fingerprint density at radius 3 is 2.36 bits per heavy atom. The molecule has 0 aliphatic carbocycles. The van der Waals surface area contributed by atoms with Crippen molar-refractivity contribution < 1.29 is 4.79 Å². The zero-order chi connectivity index (χ0) is 20.3. The third-order valence-electron chi connectivity index (χ3n) is 4.88. The van der Waals surface area contributed by atoms with E-state index in [2.05, 4.69) is 15.2 Å². The van der Waals surface area contributed by atoms with Gasteiger partial charge in [0.25, 0.3) is 0 Å². The molecule has 1 fully saturated rings. The maximum atomic E-state index is 12.3. The Bertz CT molecular complexity index is 829. The molecule has 1 saturated heterocycles. The summed E-state index contributed by atoms with van der Waals surface area (Å²) in [4.78, 5) is 25.7. The van der Waals surface area contributed by atoms with E-state index in [1.54, 1.807) is 0 Å². The Balaban J connectivity index is 1.78. The minimum atomic E-state index is 0.00564. The molecule has 3 rings (SSSR count). The molecule has 1 N–H and O–H groups in total. The molecule has 2 heterocycles. The van der Waals surface area contributed by atoms with E-state index in [9.17, 15) is 4.79 Å². The molecule has 0 spiro atoms. The van der Waals surface area contributed by atoms with Crippen LogP contribution in [0.1, 0.15) is 36.5 Å². The van der Waals surface area contributed by atoms with Crippen LogP contribution in [0, 0.1) is 13.8 Å². The summed E-state index contributed by atoms with van der Waals surface area (Å²) in [5.74, 6) is 1.75. The van der Waals surface area contributed by atoms with E-state index in [1.807, 2.05) is 56.9 Å². The number of aromatic nitrogens is 2. The number of carbonyl (C=O) groups is 1. The van der Waals surface area contributed by atoms with Gasteiger partial charge in [-0.2, -0.15) is 0 Å². The molecule has 1 aromatic heterocycles. The summed E-state index contributed by atoms with van der Waals surface area (Å²) in [6.07, 6.45) is 0.757. The van der Waals surface area contributed by atoms with Crippen molar-refractivity contribution in [3.8, 4) is 0 Å². The number of nitrogens with one attached hydrogen (secondary N) is 1. The molecule has 0 radical (unpaired) electrons. The molecule has 7 heteroatoms. The number of aryl methyl sites for hydroxylation is 2. The molecule has 0 bridgehead atoms. The second-order valence-electron chi connectivity index (χ2n) is 7.54. The molecule has 6 nitrogen and oxygen atoms in total. The van der Waals surface area contributed by atoms with Gasteiger partial charge < -0.3 is 15.1 Å². The van der Waals surface area contributed by atoms with Gasteiger partial charge in [0.15, 0.2) is 0 Å². The molecule has 2 aromatic rings. The molecule has 0 saturated carbocycles. The summed E-state index contributed by atoms with van der Waals surface area (Å²) in [5, 5.41) is 3.70. The van der Waals surface area contributed by atoms with Gasteiger partial charge in [-0.1, -0.05) is 23.7 Å². The summed E-state index contributed by atoms with van der Waals surface area (Å²) < 4.78 is 0. The van der Waals surface area contributed by atoms with E-state index in [0.29, 0.717) is 13.1 Å². The van der Waals surface area contributed by atoms with Crippen molar-refractivity contribution in [1.82, 2.24) is 20.2 Å². The SMILES string of the molecule is Cc1nc(C)c(Cc2ccc(Cl)cc2)c(N2CCN(C(=O)NC(C)C)CC2)n1. The molecule has 1 aliphatic heterocycles. The monoisotopic (exact) mass is 401 g/mol. The Morgan fingerprint density at radius 1 is 1.11 bits per heavy atom. The molecule has 2 amide bonds. The second-order valence-corrected chi connectivity index (χ2v) is 7.98. The number of halogens is 1. The number of carbonyl (C=O) groups excluding carboxylic acids is 1. The first-order valence-corrected chi connectivity index (χ1v) is 10.1. The van der Waals surface area contributed by atoms with E-state index >= 15 is 0 Å². The van der Waals surface area contributed by atoms with Crippen LogP contribution in [0.15, 0.2) is 24.3 Å². The third kappa shape index (κ3) is 4.93. The first-order chi connectivity index (χ1) is 13.3. The quantitative estimate of drug-likeness (QED) is 0.850. The van der Waals surface area contributed by atoms with Gasteiger partial charge in [0.05, 0.1) is 0 Å². The first-order valence-electron chi connectivity index (χ1n) is 9.72. The van der Waals surface area contributed by atoms with Crippen molar-refractivity contribution >= 4 is 23.4 Å². The molecule has 28 heavy (non-hydrogen) atoms. The summed E-state index contributed by atoms with van der Waals surface area (Å²) in [6.45, 7) is 10.8. The highest BCUT2D eigenvalue weighted by atomic mass is 35.5. The van der Waals surface area contributed by atoms with Crippen LogP contribution in [0.25, 0.3) is 0 Å². The normalized spacial score (nSPS) is 14.5. The van der Waals surface area contributed by atoms with Crippen LogP contribution in [0.5, 0.6) is 0 Å². The standard InChI is InChI=1S/C21H28ClN5O/c1-14(2)23-21(28)27-11-9-26(10-12-27)20-19(15(3)24-16(4)25-20)13-17-5-7-18(22)8-6-17/h5-8,14H,9-13H2,1-4H3,(H,23,28). The lowest BCUT2D eigenvalue weighted by Crippen LogP contribution is -2.53. The van der Waals surface area contributed by atoms with E-state index in [4.69, 9.17) is 16.6 Å². The lowest BCUT2D eigenvalue weighted by molar-refractivity contribution is 0.191. The molecule has 150 valence electrons. The molecule has 1 aromatic carbocycles. The topological polar surface area (TPSA) is 61.4 Å². The van der Waals surface area contributed by atoms with Gasteiger partial charge in [0.1, 0.15) is 11.6 Å². The zero-order valence-corrected chi connectivity index (χ0v) is 17.8. The average molecular weight is 402 g/mol. The van der Waals surface area contributed by atoms with Crippen molar-refractivity contribution in [3.05, 3.63) is 51.9 Å². The fourth-order valence-corrected chi connectivity index (χ4v) is 3.58. The number of benzene rings is 1. The van der Waals surface area contributed by atoms with Crippen LogP contribution >= 0.6 is 11.6 Å². The number of anilines is 1. The van der Waals surface area contributed by atoms with Gasteiger partial charge in [-0.3, -0.25) is 0 Å². The van der Waals surface area contributed by atoms with Crippen molar-refractivity contribution in [2.45, 2.75) is 40.2 Å². The Kier molecular flexibility index (Phi) is 6.39. The van der Waals surface area contributed by atoms with Gasteiger partial charge in [-0.15, -0.1) is 0 Å². The van der Waals surface area contributed by atoms with Gasteiger partial charge >= 0.3 is 6.03 Å². The predicted molar refractivity (Wildman–Crippen MR) is 113 cm³/mol. The van der Waals surface area contributed by atoms with Gasteiger partial charge in [0, 0.05) is 54.9 Å². The summed E-state index contributed by atoms with van der Waals surface area (Å²) in [5.41, 5.74) is 3.31. The maximum Gasteiger partial charge on any atom is 0.317 e. The fourth-order valence-electron chi connectivity index (χ4n) is 3.45. The van der Waals surface area contributed by atoms with Crippen molar-refractivity contribution in [2.24, 2.45) is 0 Å². The van der Waals surface area contributed by atoms with Crippen LogP contribution in [0.2, 0.25) is 5.02 Å². The molecular formula is C21H28ClN5O. The first kappa shape index (κ1) is 20.4. The summed E-state index contributed by atoms with van der Waals surface area (Å²) in [6, 6.07) is 8.05. The minimum absolute atomic E-state index is 0.00564. The van der Waals surface area contributed by atoms with E-state index in [1.165, 1.54) is 5.56 Å². The Hall–Kier alpha value is -2.34. The Labute approximate surface area is 171 Å². The highest BCUT2D eigenvalue weighted by Crippen LogP contribution is 2.25. The van der Waals surface area contributed by atoms with Crippen LogP contribution in [-0.4, -0.2) is 53.1 Å². The summed E-state index contributed by atoms with van der Waals surface area (Å²) >= 11 is 6.02. The number of urea groups is 1. The lowest BCUT2D eigenvalue weighted by atomic mass is 10.0. The number of hydrogen-bond donors (Lipinski definition) is 1. The number of nitrogens with zero attached hydrogens (tertiary/aromatic N) is 4. The van der Waals surface area contributed by atoms with Gasteiger partial charge in [-0.05, 0) is 45.4 Å². The predicted octanol–water partition coefficient (Wildman–Crippen LogP) is 3.58. The highest BCUT2D eigenvalue weighted by molar-refractivity contribution is 6.30. The second kappa shape index (κ2) is 8.78. The average Bonchev–Trinajstić information content (AvgIpc) is 2.65. The Morgan fingerprint density at radius 2 is 1.75 bits per heavy atom. The van der Waals surface area contributed by atoms with Crippen molar-refractivity contribution in [2.75, 3.05) is 31.1 Å². The fraction of sp³-hybridized carbons (Fsp3) is 0.476. The van der Waals surface area contributed by atoms with E-state index < -0.39 is 0 Å². The largest absolute Gasteiger partial charge is 0.353 e. The molecule has 0 atom stereocenters. The maximum absolute atomic E-state index is 12.3. The molecule has 1 aliphatic rings. The van der Waals surface area contributed by atoms with E-state index in [0.717, 1.165) is 47.4 Å². The zero-order valence-electron chi connectivity index (χ0n) is 17.0. The van der Waals surface area contributed by atoms with Crippen molar-refractivity contribution in [1.29, 1.82) is 0 Å². The molecule has 0 unspecified atom stereocenters. The highest BCUT2D eigenvalue weighted by Gasteiger charge is 2.25. The number of rotatable bonds is 4. The number of hydrogen-bond acceptors (Lipinski definition) is 4. The van der Waals surface area contributed by atoms with Gasteiger partial charge in [0.2, 0.25) is 0 Å². The minimum Gasteiger partial charge on any atom is -0.353 e. The van der Waals surface area contributed by atoms with E-state index in [-0.39, 0.29) is 12.1 Å². The van der Waals surface area contributed by atoms with Crippen LogP contribution in [0.4, 0.5) is 10.6 Å². The lowest BCUT2D eigenvalue weighted by Gasteiger charge is -2.36. The molecular weight excluding hydrogens is 374 g/mol.